The molecule has 8 nitrogen and oxygen atoms in total. The van der Waals surface area contributed by atoms with Gasteiger partial charge in [0.05, 0.1) is 20.8 Å². The summed E-state index contributed by atoms with van der Waals surface area (Å²) in [6.45, 7) is 17.6. The second kappa shape index (κ2) is 12.4. The summed E-state index contributed by atoms with van der Waals surface area (Å²) in [5, 5.41) is 0.0931. The van der Waals surface area contributed by atoms with Gasteiger partial charge in [-0.1, -0.05) is 32.6 Å². The fraction of sp³-hybridized carbons (Fsp3) is 0.667. The normalized spacial score (nSPS) is 19.4. The van der Waals surface area contributed by atoms with E-state index in [0.29, 0.717) is 30.9 Å². The zero-order valence-electron chi connectivity index (χ0n) is 23.4. The summed E-state index contributed by atoms with van der Waals surface area (Å²) in [6.07, 6.45) is -0.140. The molecule has 0 aromatic heterocycles. The van der Waals surface area contributed by atoms with Gasteiger partial charge in [0.2, 0.25) is 0 Å². The van der Waals surface area contributed by atoms with Crippen LogP contribution in [0.2, 0.25) is 18.1 Å². The van der Waals surface area contributed by atoms with Crippen LogP contribution in [0.4, 0.5) is 0 Å². The minimum absolute atomic E-state index is 0.0151. The van der Waals surface area contributed by atoms with E-state index in [1.165, 1.54) is 14.2 Å². The SMILES string of the molecule is CCOCOc1cc(OC)cc(C#CC[C@@H]2OC(C)(C)O[C@@H]2CO[Si](C)(C)C(C)(C)C)c1C(=O)OC. The first kappa shape index (κ1) is 30.1. The maximum atomic E-state index is 12.6. The van der Waals surface area contributed by atoms with Crippen LogP contribution >= 0.6 is 0 Å². The molecule has 0 amide bonds. The fourth-order valence-electron chi connectivity index (χ4n) is 3.40. The van der Waals surface area contributed by atoms with Gasteiger partial charge in [-0.25, -0.2) is 4.79 Å². The molecule has 1 aliphatic heterocycles. The molecule has 2 atom stereocenters. The summed E-state index contributed by atoms with van der Waals surface area (Å²) in [7, 11) is 0.903. The molecule has 1 aliphatic rings. The van der Waals surface area contributed by atoms with E-state index in [1.807, 2.05) is 20.8 Å². The highest BCUT2D eigenvalue weighted by atomic mass is 28.4. The third-order valence-electron chi connectivity index (χ3n) is 6.43. The van der Waals surface area contributed by atoms with E-state index in [2.05, 4.69) is 45.7 Å². The molecule has 2 rings (SSSR count). The molecule has 1 saturated heterocycles. The quantitative estimate of drug-likeness (QED) is 0.137. The molecule has 9 heteroatoms. The number of benzene rings is 1. The van der Waals surface area contributed by atoms with Crippen molar-refractivity contribution in [3.63, 3.8) is 0 Å². The Morgan fingerprint density at radius 1 is 1.14 bits per heavy atom. The standard InChI is InChI=1S/C27H42O8Si/c1-11-31-18-32-22-16-20(29-7)15-19(24(22)25(28)30-8)13-12-14-21-23(35-27(5,6)34-21)17-33-36(9,10)26(2,3)4/h15-16,21,23H,11,14,17-18H2,1-10H3/t21-,23+/m0/s1. The van der Waals surface area contributed by atoms with Crippen molar-refractivity contribution in [2.24, 2.45) is 0 Å². The van der Waals surface area contributed by atoms with Gasteiger partial charge in [-0.05, 0) is 45.0 Å². The molecule has 0 saturated carbocycles. The predicted molar refractivity (Wildman–Crippen MR) is 140 cm³/mol. The molecule has 1 aromatic carbocycles. The van der Waals surface area contributed by atoms with Crippen LogP contribution in [-0.4, -0.2) is 66.5 Å². The van der Waals surface area contributed by atoms with Gasteiger partial charge in [0.25, 0.3) is 0 Å². The molecule has 1 fully saturated rings. The Hall–Kier alpha value is -2.09. The maximum absolute atomic E-state index is 12.6. The predicted octanol–water partition coefficient (Wildman–Crippen LogP) is 5.14. The highest BCUT2D eigenvalue weighted by Crippen LogP contribution is 2.38. The van der Waals surface area contributed by atoms with Crippen LogP contribution in [0.5, 0.6) is 11.5 Å². The van der Waals surface area contributed by atoms with E-state index in [1.54, 1.807) is 12.1 Å². The van der Waals surface area contributed by atoms with E-state index >= 15 is 0 Å². The summed E-state index contributed by atoms with van der Waals surface area (Å²) in [6, 6.07) is 3.29. The Kier molecular flexibility index (Phi) is 10.4. The number of esters is 1. The van der Waals surface area contributed by atoms with Crippen LogP contribution in [0.25, 0.3) is 0 Å². The Balaban J connectivity index is 2.29. The number of carbonyl (C=O) groups is 1. The van der Waals surface area contributed by atoms with Gasteiger partial charge in [0.15, 0.2) is 20.9 Å². The lowest BCUT2D eigenvalue weighted by Crippen LogP contribution is -2.44. The molecule has 0 bridgehead atoms. The Morgan fingerprint density at radius 3 is 2.39 bits per heavy atom. The highest BCUT2D eigenvalue weighted by Gasteiger charge is 2.43. The largest absolute Gasteiger partial charge is 0.497 e. The number of carbonyl (C=O) groups excluding carboxylic acids is 1. The summed E-state index contributed by atoms with van der Waals surface area (Å²) < 4.78 is 40.0. The van der Waals surface area contributed by atoms with Gasteiger partial charge >= 0.3 is 5.97 Å². The van der Waals surface area contributed by atoms with Crippen LogP contribution in [0.1, 0.15) is 63.9 Å². The Morgan fingerprint density at radius 2 is 1.81 bits per heavy atom. The molecular weight excluding hydrogens is 480 g/mol. The summed E-state index contributed by atoms with van der Waals surface area (Å²) in [5.41, 5.74) is 0.646. The zero-order chi connectivity index (χ0) is 27.1. The number of methoxy groups -OCH3 is 2. The van der Waals surface area contributed by atoms with Gasteiger partial charge in [-0.2, -0.15) is 0 Å². The molecule has 1 aromatic rings. The van der Waals surface area contributed by atoms with Crippen molar-refractivity contribution in [3.8, 4) is 23.3 Å². The average molecular weight is 523 g/mol. The van der Waals surface area contributed by atoms with Crippen molar-refractivity contribution >= 4 is 14.3 Å². The van der Waals surface area contributed by atoms with Crippen LogP contribution in [0.15, 0.2) is 12.1 Å². The number of hydrogen-bond donors (Lipinski definition) is 0. The zero-order valence-corrected chi connectivity index (χ0v) is 24.4. The van der Waals surface area contributed by atoms with Crippen molar-refractivity contribution in [1.29, 1.82) is 0 Å². The Bertz CT molecular complexity index is 955. The van der Waals surface area contributed by atoms with Crippen LogP contribution in [0.3, 0.4) is 0 Å². The molecule has 0 N–H and O–H groups in total. The minimum Gasteiger partial charge on any atom is -0.497 e. The monoisotopic (exact) mass is 522 g/mol. The van der Waals surface area contributed by atoms with E-state index in [4.69, 9.17) is 32.8 Å². The lowest BCUT2D eigenvalue weighted by Gasteiger charge is -2.37. The molecule has 0 unspecified atom stereocenters. The fourth-order valence-corrected chi connectivity index (χ4v) is 4.41. The molecule has 202 valence electrons. The van der Waals surface area contributed by atoms with Crippen molar-refractivity contribution in [2.75, 3.05) is 34.2 Å². The lowest BCUT2D eigenvalue weighted by atomic mass is 10.0. The van der Waals surface area contributed by atoms with Crippen molar-refractivity contribution in [2.45, 2.75) is 84.1 Å². The maximum Gasteiger partial charge on any atom is 0.342 e. The number of hydrogen-bond acceptors (Lipinski definition) is 8. The highest BCUT2D eigenvalue weighted by molar-refractivity contribution is 6.74. The van der Waals surface area contributed by atoms with Gasteiger partial charge in [0, 0.05) is 24.7 Å². The van der Waals surface area contributed by atoms with Gasteiger partial charge in [-0.3, -0.25) is 0 Å². The van der Waals surface area contributed by atoms with Crippen LogP contribution in [0, 0.1) is 11.8 Å². The van der Waals surface area contributed by atoms with E-state index in [-0.39, 0.29) is 35.4 Å². The molecule has 0 radical (unpaired) electrons. The second-order valence-corrected chi connectivity index (χ2v) is 15.4. The molecule has 36 heavy (non-hydrogen) atoms. The third-order valence-corrected chi connectivity index (χ3v) is 10.9. The molecule has 1 heterocycles. The lowest BCUT2D eigenvalue weighted by molar-refractivity contribution is -0.148. The van der Waals surface area contributed by atoms with Gasteiger partial charge < -0.3 is 32.8 Å². The third kappa shape index (κ3) is 7.95. The first-order chi connectivity index (χ1) is 16.7. The summed E-state index contributed by atoms with van der Waals surface area (Å²) in [4.78, 5) is 12.6. The Labute approximate surface area is 217 Å². The van der Waals surface area contributed by atoms with E-state index < -0.39 is 20.1 Å². The van der Waals surface area contributed by atoms with Crippen molar-refractivity contribution in [3.05, 3.63) is 23.3 Å². The topological polar surface area (TPSA) is 81.7 Å². The summed E-state index contributed by atoms with van der Waals surface area (Å²) in [5.74, 6) is 5.73. The van der Waals surface area contributed by atoms with Crippen molar-refractivity contribution in [1.82, 2.24) is 0 Å². The minimum atomic E-state index is -1.95. The first-order valence-corrected chi connectivity index (χ1v) is 15.1. The second-order valence-electron chi connectivity index (χ2n) is 10.6. The van der Waals surface area contributed by atoms with Gasteiger partial charge in [0.1, 0.15) is 29.3 Å². The first-order valence-electron chi connectivity index (χ1n) is 12.2. The molecular formula is C27H42O8Si. The van der Waals surface area contributed by atoms with Gasteiger partial charge in [-0.15, -0.1) is 0 Å². The van der Waals surface area contributed by atoms with Crippen LogP contribution < -0.4 is 9.47 Å². The number of rotatable bonds is 10. The average Bonchev–Trinajstić information content (AvgIpc) is 3.09. The summed E-state index contributed by atoms with van der Waals surface area (Å²) >= 11 is 0. The van der Waals surface area contributed by atoms with Crippen molar-refractivity contribution < 1.29 is 37.6 Å². The smallest absolute Gasteiger partial charge is 0.342 e. The number of ether oxygens (including phenoxy) is 6. The van der Waals surface area contributed by atoms with E-state index in [9.17, 15) is 4.79 Å². The molecule has 0 aliphatic carbocycles. The van der Waals surface area contributed by atoms with E-state index in [0.717, 1.165) is 0 Å². The molecule has 0 spiro atoms. The van der Waals surface area contributed by atoms with Crippen LogP contribution in [-0.2, 0) is 23.4 Å².